The third kappa shape index (κ3) is 5.06. The van der Waals surface area contributed by atoms with E-state index in [1.165, 1.54) is 0 Å². The average Bonchev–Trinajstić information content (AvgIpc) is 2.26. The number of esters is 1. The molecule has 1 N–H and O–H groups in total. The standard InChI is InChI=1S/C16H31NO3/c1-7-19-14(18)16(17-12(2)3)10-8-9-13(11-16)20-15(4,5)6/h12-13,17H,7-11H2,1-6H3. The molecule has 0 aliphatic heterocycles. The Hall–Kier alpha value is -0.610. The molecule has 2 unspecified atom stereocenters. The van der Waals surface area contributed by atoms with Crippen LogP contribution in [0.5, 0.6) is 0 Å². The molecule has 2 atom stereocenters. The van der Waals surface area contributed by atoms with E-state index in [0.717, 1.165) is 19.3 Å². The van der Waals surface area contributed by atoms with Gasteiger partial charge in [-0.05, 0) is 60.8 Å². The van der Waals surface area contributed by atoms with E-state index in [1.807, 2.05) is 6.92 Å². The first kappa shape index (κ1) is 17.4. The molecule has 1 aliphatic rings. The van der Waals surface area contributed by atoms with Gasteiger partial charge in [0, 0.05) is 12.5 Å². The maximum absolute atomic E-state index is 12.4. The molecule has 1 fully saturated rings. The second-order valence-corrected chi connectivity index (χ2v) is 7.05. The molecule has 0 bridgehead atoms. The first-order valence-electron chi connectivity index (χ1n) is 7.81. The summed E-state index contributed by atoms with van der Waals surface area (Å²) in [6.07, 6.45) is 3.63. The predicted molar refractivity (Wildman–Crippen MR) is 80.7 cm³/mol. The van der Waals surface area contributed by atoms with E-state index in [1.54, 1.807) is 0 Å². The van der Waals surface area contributed by atoms with Crippen LogP contribution in [0.25, 0.3) is 0 Å². The van der Waals surface area contributed by atoms with Crippen LogP contribution in [0, 0.1) is 0 Å². The molecule has 0 saturated heterocycles. The lowest BCUT2D eigenvalue weighted by Crippen LogP contribution is -2.59. The Morgan fingerprint density at radius 3 is 2.55 bits per heavy atom. The third-order valence-corrected chi connectivity index (χ3v) is 3.46. The fourth-order valence-corrected chi connectivity index (χ4v) is 3.02. The lowest BCUT2D eigenvalue weighted by molar-refractivity contribution is -0.159. The molecule has 118 valence electrons. The second-order valence-electron chi connectivity index (χ2n) is 7.05. The summed E-state index contributed by atoms with van der Waals surface area (Å²) in [6, 6.07) is 0.243. The van der Waals surface area contributed by atoms with Crippen LogP contribution < -0.4 is 5.32 Å². The van der Waals surface area contributed by atoms with Crippen molar-refractivity contribution in [1.82, 2.24) is 5.32 Å². The van der Waals surface area contributed by atoms with Gasteiger partial charge in [-0.2, -0.15) is 0 Å². The predicted octanol–water partition coefficient (Wildman–Crippen LogP) is 3.04. The van der Waals surface area contributed by atoms with Crippen molar-refractivity contribution >= 4 is 5.97 Å². The van der Waals surface area contributed by atoms with Crippen molar-refractivity contribution < 1.29 is 14.3 Å². The van der Waals surface area contributed by atoms with Gasteiger partial charge in [0.05, 0.1) is 18.3 Å². The van der Waals surface area contributed by atoms with Crippen LogP contribution >= 0.6 is 0 Å². The summed E-state index contributed by atoms with van der Waals surface area (Å²) in [4.78, 5) is 12.4. The molecule has 0 spiro atoms. The van der Waals surface area contributed by atoms with Crippen molar-refractivity contribution in [1.29, 1.82) is 0 Å². The minimum atomic E-state index is -0.585. The zero-order valence-electron chi connectivity index (χ0n) is 13.9. The van der Waals surface area contributed by atoms with Crippen LogP contribution in [-0.4, -0.2) is 35.9 Å². The van der Waals surface area contributed by atoms with E-state index < -0.39 is 5.54 Å². The molecular weight excluding hydrogens is 254 g/mol. The van der Waals surface area contributed by atoms with Crippen molar-refractivity contribution in [2.45, 2.75) is 90.5 Å². The number of rotatable bonds is 5. The van der Waals surface area contributed by atoms with Crippen LogP contribution in [0.1, 0.15) is 67.2 Å². The number of carbonyl (C=O) groups excluding carboxylic acids is 1. The third-order valence-electron chi connectivity index (χ3n) is 3.46. The van der Waals surface area contributed by atoms with Gasteiger partial charge in [0.25, 0.3) is 0 Å². The van der Waals surface area contributed by atoms with E-state index in [9.17, 15) is 4.79 Å². The number of hydrogen-bond donors (Lipinski definition) is 1. The SMILES string of the molecule is CCOC(=O)C1(NC(C)C)CCCC(OC(C)(C)C)C1. The highest BCUT2D eigenvalue weighted by molar-refractivity contribution is 5.81. The molecule has 20 heavy (non-hydrogen) atoms. The largest absolute Gasteiger partial charge is 0.465 e. The lowest BCUT2D eigenvalue weighted by Gasteiger charge is -2.42. The molecule has 0 radical (unpaired) electrons. The minimum Gasteiger partial charge on any atom is -0.465 e. The van der Waals surface area contributed by atoms with Gasteiger partial charge in [-0.1, -0.05) is 0 Å². The zero-order chi connectivity index (χ0) is 15.4. The van der Waals surface area contributed by atoms with Gasteiger partial charge in [-0.25, -0.2) is 0 Å². The minimum absolute atomic E-state index is 0.111. The van der Waals surface area contributed by atoms with Gasteiger partial charge in [0.1, 0.15) is 5.54 Å². The van der Waals surface area contributed by atoms with Gasteiger partial charge in [0.2, 0.25) is 0 Å². The molecule has 1 rings (SSSR count). The molecular formula is C16H31NO3. The molecule has 4 heteroatoms. The Morgan fingerprint density at radius 1 is 1.40 bits per heavy atom. The number of ether oxygens (including phenoxy) is 2. The number of hydrogen-bond acceptors (Lipinski definition) is 4. The van der Waals surface area contributed by atoms with Crippen LogP contribution in [0.15, 0.2) is 0 Å². The van der Waals surface area contributed by atoms with Gasteiger partial charge in [-0.15, -0.1) is 0 Å². The second kappa shape index (κ2) is 6.90. The highest BCUT2D eigenvalue weighted by Gasteiger charge is 2.45. The van der Waals surface area contributed by atoms with E-state index in [-0.39, 0.29) is 23.7 Å². The van der Waals surface area contributed by atoms with Crippen LogP contribution in [-0.2, 0) is 14.3 Å². The fraction of sp³-hybridized carbons (Fsp3) is 0.938. The molecule has 0 aromatic carbocycles. The number of carbonyl (C=O) groups is 1. The smallest absolute Gasteiger partial charge is 0.326 e. The monoisotopic (exact) mass is 285 g/mol. The quantitative estimate of drug-likeness (QED) is 0.789. The maximum atomic E-state index is 12.4. The molecule has 1 saturated carbocycles. The van der Waals surface area contributed by atoms with Gasteiger partial charge in [-0.3, -0.25) is 10.1 Å². The Morgan fingerprint density at radius 2 is 2.05 bits per heavy atom. The van der Waals surface area contributed by atoms with Crippen LogP contribution in [0.4, 0.5) is 0 Å². The highest BCUT2D eigenvalue weighted by Crippen LogP contribution is 2.33. The maximum Gasteiger partial charge on any atom is 0.326 e. The van der Waals surface area contributed by atoms with Gasteiger partial charge < -0.3 is 9.47 Å². The summed E-state index contributed by atoms with van der Waals surface area (Å²) in [5, 5.41) is 3.44. The lowest BCUT2D eigenvalue weighted by atomic mass is 9.79. The van der Waals surface area contributed by atoms with Crippen molar-refractivity contribution in [3.05, 3.63) is 0 Å². The first-order valence-corrected chi connectivity index (χ1v) is 7.81. The Labute approximate surface area is 123 Å². The van der Waals surface area contributed by atoms with Gasteiger partial charge in [0.15, 0.2) is 0 Å². The van der Waals surface area contributed by atoms with Crippen molar-refractivity contribution in [2.24, 2.45) is 0 Å². The molecule has 0 amide bonds. The molecule has 0 aromatic rings. The summed E-state index contributed by atoms with van der Waals surface area (Å²) < 4.78 is 11.4. The summed E-state index contributed by atoms with van der Waals surface area (Å²) in [5.74, 6) is -0.129. The van der Waals surface area contributed by atoms with E-state index in [2.05, 4.69) is 39.9 Å². The van der Waals surface area contributed by atoms with E-state index >= 15 is 0 Å². The zero-order valence-corrected chi connectivity index (χ0v) is 13.9. The summed E-state index contributed by atoms with van der Waals surface area (Å²) in [6.45, 7) is 12.6. The van der Waals surface area contributed by atoms with Crippen LogP contribution in [0.3, 0.4) is 0 Å². The summed E-state index contributed by atoms with van der Waals surface area (Å²) in [7, 11) is 0. The Balaban J connectivity index is 2.84. The van der Waals surface area contributed by atoms with Crippen molar-refractivity contribution in [3.8, 4) is 0 Å². The first-order chi connectivity index (χ1) is 9.18. The van der Waals surface area contributed by atoms with Gasteiger partial charge >= 0.3 is 5.97 Å². The van der Waals surface area contributed by atoms with E-state index in [0.29, 0.717) is 13.0 Å². The van der Waals surface area contributed by atoms with E-state index in [4.69, 9.17) is 9.47 Å². The topological polar surface area (TPSA) is 47.6 Å². The Kier molecular flexibility index (Phi) is 6.02. The molecule has 1 aliphatic carbocycles. The summed E-state index contributed by atoms with van der Waals surface area (Å²) in [5.41, 5.74) is -0.765. The molecule has 0 aromatic heterocycles. The van der Waals surface area contributed by atoms with Crippen molar-refractivity contribution in [3.63, 3.8) is 0 Å². The highest BCUT2D eigenvalue weighted by atomic mass is 16.5. The summed E-state index contributed by atoms with van der Waals surface area (Å²) >= 11 is 0. The Bertz CT molecular complexity index is 322. The molecule has 0 heterocycles. The normalized spacial score (nSPS) is 27.6. The average molecular weight is 285 g/mol. The number of nitrogens with one attached hydrogen (secondary N) is 1. The molecule has 4 nitrogen and oxygen atoms in total. The van der Waals surface area contributed by atoms with Crippen molar-refractivity contribution in [2.75, 3.05) is 6.61 Å². The fourth-order valence-electron chi connectivity index (χ4n) is 3.02. The van der Waals surface area contributed by atoms with Crippen LogP contribution in [0.2, 0.25) is 0 Å².